The van der Waals surface area contributed by atoms with Crippen molar-refractivity contribution in [3.63, 3.8) is 0 Å². The molecule has 0 radical (unpaired) electrons. The van der Waals surface area contributed by atoms with Crippen LogP contribution in [0.2, 0.25) is 0 Å². The SMILES string of the molecule is C=CC(OCOC)C(O)CCCC. The molecular weight excluding hydrogens is 168 g/mol. The number of aliphatic hydroxyl groups is 1. The van der Waals surface area contributed by atoms with E-state index in [0.29, 0.717) is 0 Å². The van der Waals surface area contributed by atoms with Crippen molar-refractivity contribution < 1.29 is 14.6 Å². The van der Waals surface area contributed by atoms with Gasteiger partial charge in [-0.25, -0.2) is 0 Å². The number of hydrogen-bond donors (Lipinski definition) is 1. The second-order valence-corrected chi connectivity index (χ2v) is 2.98. The molecule has 0 aliphatic rings. The molecule has 0 rings (SSSR count). The van der Waals surface area contributed by atoms with Crippen molar-refractivity contribution >= 4 is 0 Å². The summed E-state index contributed by atoms with van der Waals surface area (Å²) in [5.74, 6) is 0. The van der Waals surface area contributed by atoms with Crippen molar-refractivity contribution in [1.82, 2.24) is 0 Å². The fraction of sp³-hybridized carbons (Fsp3) is 0.800. The molecule has 0 spiro atoms. The second-order valence-electron chi connectivity index (χ2n) is 2.98. The van der Waals surface area contributed by atoms with E-state index in [1.807, 2.05) is 0 Å². The van der Waals surface area contributed by atoms with Gasteiger partial charge >= 0.3 is 0 Å². The highest BCUT2D eigenvalue weighted by molar-refractivity contribution is 4.85. The molecule has 3 nitrogen and oxygen atoms in total. The Labute approximate surface area is 80.4 Å². The zero-order chi connectivity index (χ0) is 10.1. The summed E-state index contributed by atoms with van der Waals surface area (Å²) in [6, 6.07) is 0. The summed E-state index contributed by atoms with van der Waals surface area (Å²) in [5, 5.41) is 9.61. The Morgan fingerprint density at radius 2 is 2.23 bits per heavy atom. The van der Waals surface area contributed by atoms with E-state index in [-0.39, 0.29) is 12.9 Å². The molecule has 78 valence electrons. The largest absolute Gasteiger partial charge is 0.390 e. The number of ether oxygens (including phenoxy) is 2. The van der Waals surface area contributed by atoms with E-state index in [0.717, 1.165) is 19.3 Å². The first-order valence-electron chi connectivity index (χ1n) is 4.67. The van der Waals surface area contributed by atoms with Gasteiger partial charge in [0.1, 0.15) is 12.9 Å². The molecule has 1 N–H and O–H groups in total. The lowest BCUT2D eigenvalue weighted by molar-refractivity contribution is -0.0945. The Bertz CT molecular complexity index is 125. The molecule has 0 bridgehead atoms. The van der Waals surface area contributed by atoms with Gasteiger partial charge in [0.2, 0.25) is 0 Å². The Balaban J connectivity index is 3.70. The van der Waals surface area contributed by atoms with Crippen molar-refractivity contribution in [1.29, 1.82) is 0 Å². The van der Waals surface area contributed by atoms with Crippen LogP contribution >= 0.6 is 0 Å². The van der Waals surface area contributed by atoms with Crippen LogP contribution in [0.1, 0.15) is 26.2 Å². The highest BCUT2D eigenvalue weighted by Crippen LogP contribution is 2.08. The van der Waals surface area contributed by atoms with Crippen LogP contribution in [-0.4, -0.2) is 31.2 Å². The van der Waals surface area contributed by atoms with E-state index in [1.165, 1.54) is 0 Å². The van der Waals surface area contributed by atoms with E-state index >= 15 is 0 Å². The molecule has 0 aliphatic carbocycles. The van der Waals surface area contributed by atoms with E-state index < -0.39 is 6.10 Å². The molecule has 2 atom stereocenters. The maximum atomic E-state index is 9.61. The summed E-state index contributed by atoms with van der Waals surface area (Å²) in [6.45, 7) is 5.89. The minimum absolute atomic E-state index is 0.194. The van der Waals surface area contributed by atoms with Crippen LogP contribution in [0.3, 0.4) is 0 Å². The summed E-state index contributed by atoms with van der Waals surface area (Å²) in [5.41, 5.74) is 0. The summed E-state index contributed by atoms with van der Waals surface area (Å²) in [6.07, 6.45) is 3.66. The molecule has 13 heavy (non-hydrogen) atoms. The fourth-order valence-corrected chi connectivity index (χ4v) is 1.06. The second kappa shape index (κ2) is 8.23. The average molecular weight is 188 g/mol. The first-order valence-corrected chi connectivity index (χ1v) is 4.67. The molecule has 0 aliphatic heterocycles. The maximum Gasteiger partial charge on any atom is 0.147 e. The molecule has 0 aromatic heterocycles. The van der Waals surface area contributed by atoms with Gasteiger partial charge in [0.05, 0.1) is 6.10 Å². The van der Waals surface area contributed by atoms with Crippen LogP contribution in [0.5, 0.6) is 0 Å². The standard InChI is InChI=1S/C10H20O3/c1-4-6-7-9(11)10(5-2)13-8-12-3/h5,9-11H,2,4,6-8H2,1,3H3. The van der Waals surface area contributed by atoms with E-state index in [9.17, 15) is 5.11 Å². The van der Waals surface area contributed by atoms with Gasteiger partial charge in [0.15, 0.2) is 0 Å². The Kier molecular flexibility index (Phi) is 7.99. The predicted molar refractivity (Wildman–Crippen MR) is 52.5 cm³/mol. The molecule has 2 unspecified atom stereocenters. The van der Waals surface area contributed by atoms with Crippen molar-refractivity contribution in [3.05, 3.63) is 12.7 Å². The topological polar surface area (TPSA) is 38.7 Å². The lowest BCUT2D eigenvalue weighted by Gasteiger charge is -2.19. The Morgan fingerprint density at radius 3 is 2.69 bits per heavy atom. The van der Waals surface area contributed by atoms with E-state index in [1.54, 1.807) is 13.2 Å². The first-order chi connectivity index (χ1) is 6.26. The molecular formula is C10H20O3. The fourth-order valence-electron chi connectivity index (χ4n) is 1.06. The highest BCUT2D eigenvalue weighted by atomic mass is 16.7. The highest BCUT2D eigenvalue weighted by Gasteiger charge is 2.15. The van der Waals surface area contributed by atoms with Crippen molar-refractivity contribution in [2.75, 3.05) is 13.9 Å². The number of unbranched alkanes of at least 4 members (excludes halogenated alkanes) is 1. The number of methoxy groups -OCH3 is 1. The minimum Gasteiger partial charge on any atom is -0.390 e. The van der Waals surface area contributed by atoms with Gasteiger partial charge in [-0.2, -0.15) is 0 Å². The van der Waals surface area contributed by atoms with Gasteiger partial charge < -0.3 is 14.6 Å². The van der Waals surface area contributed by atoms with Gasteiger partial charge in [0.25, 0.3) is 0 Å². The van der Waals surface area contributed by atoms with Crippen LogP contribution in [0.4, 0.5) is 0 Å². The normalized spacial score (nSPS) is 15.3. The van der Waals surface area contributed by atoms with Crippen LogP contribution in [0.15, 0.2) is 12.7 Å². The monoisotopic (exact) mass is 188 g/mol. The van der Waals surface area contributed by atoms with E-state index in [4.69, 9.17) is 9.47 Å². The van der Waals surface area contributed by atoms with Crippen LogP contribution < -0.4 is 0 Å². The first kappa shape index (κ1) is 12.6. The van der Waals surface area contributed by atoms with Gasteiger partial charge in [-0.15, -0.1) is 6.58 Å². The molecule has 0 fully saturated rings. The lowest BCUT2D eigenvalue weighted by Crippen LogP contribution is -2.27. The molecule has 0 saturated carbocycles. The zero-order valence-corrected chi connectivity index (χ0v) is 8.53. The molecule has 0 heterocycles. The quantitative estimate of drug-likeness (QED) is 0.465. The van der Waals surface area contributed by atoms with Crippen LogP contribution in [0, 0.1) is 0 Å². The maximum absolute atomic E-state index is 9.61. The van der Waals surface area contributed by atoms with Gasteiger partial charge in [0, 0.05) is 7.11 Å². The number of rotatable bonds is 8. The van der Waals surface area contributed by atoms with Gasteiger partial charge in [-0.1, -0.05) is 25.8 Å². The van der Waals surface area contributed by atoms with Gasteiger partial charge in [-0.3, -0.25) is 0 Å². The lowest BCUT2D eigenvalue weighted by atomic mass is 10.1. The molecule has 3 heteroatoms. The van der Waals surface area contributed by atoms with Crippen molar-refractivity contribution in [3.8, 4) is 0 Å². The zero-order valence-electron chi connectivity index (χ0n) is 8.53. The number of hydrogen-bond acceptors (Lipinski definition) is 3. The van der Waals surface area contributed by atoms with Crippen molar-refractivity contribution in [2.24, 2.45) is 0 Å². The molecule has 0 amide bonds. The molecule has 0 aromatic carbocycles. The average Bonchev–Trinajstić information content (AvgIpc) is 2.16. The predicted octanol–water partition coefficient (Wildman–Crippen LogP) is 1.71. The third-order valence-electron chi connectivity index (χ3n) is 1.84. The molecule has 0 saturated heterocycles. The third kappa shape index (κ3) is 5.80. The summed E-state index contributed by atoms with van der Waals surface area (Å²) >= 11 is 0. The van der Waals surface area contributed by atoms with Crippen LogP contribution in [-0.2, 0) is 9.47 Å². The summed E-state index contributed by atoms with van der Waals surface area (Å²) in [4.78, 5) is 0. The summed E-state index contributed by atoms with van der Waals surface area (Å²) in [7, 11) is 1.55. The van der Waals surface area contributed by atoms with Crippen LogP contribution in [0.25, 0.3) is 0 Å². The van der Waals surface area contributed by atoms with E-state index in [2.05, 4.69) is 13.5 Å². The summed E-state index contributed by atoms with van der Waals surface area (Å²) < 4.78 is 9.96. The Hall–Kier alpha value is -0.380. The molecule has 0 aromatic rings. The minimum atomic E-state index is -0.465. The smallest absolute Gasteiger partial charge is 0.147 e. The third-order valence-corrected chi connectivity index (χ3v) is 1.84. The Morgan fingerprint density at radius 1 is 1.54 bits per heavy atom. The van der Waals surface area contributed by atoms with Crippen molar-refractivity contribution in [2.45, 2.75) is 38.4 Å². The van der Waals surface area contributed by atoms with Gasteiger partial charge in [-0.05, 0) is 6.42 Å². The number of aliphatic hydroxyl groups excluding tert-OH is 1.